The van der Waals surface area contributed by atoms with Gasteiger partial charge in [0.1, 0.15) is 5.82 Å². The van der Waals surface area contributed by atoms with Crippen LogP contribution >= 0.6 is 0 Å². The van der Waals surface area contributed by atoms with Crippen LogP contribution in [0.15, 0.2) is 24.3 Å². The Kier molecular flexibility index (Phi) is 7.07. The summed E-state index contributed by atoms with van der Waals surface area (Å²) in [6.07, 6.45) is 9.62. The van der Waals surface area contributed by atoms with Crippen molar-refractivity contribution in [3.63, 3.8) is 0 Å². The van der Waals surface area contributed by atoms with Crippen LogP contribution in [0.25, 0.3) is 0 Å². The number of benzene rings is 1. The van der Waals surface area contributed by atoms with Crippen LogP contribution in [-0.2, 0) is 6.42 Å². The fourth-order valence-electron chi connectivity index (χ4n) is 2.47. The van der Waals surface area contributed by atoms with E-state index in [2.05, 4.69) is 13.8 Å². The van der Waals surface area contributed by atoms with E-state index in [1.165, 1.54) is 50.7 Å². The summed E-state index contributed by atoms with van der Waals surface area (Å²) < 4.78 is 12.8. The van der Waals surface area contributed by atoms with Crippen molar-refractivity contribution >= 4 is 0 Å². The number of halogens is 1. The van der Waals surface area contributed by atoms with Crippen molar-refractivity contribution in [2.45, 2.75) is 70.8 Å². The molecule has 0 aliphatic rings. The zero-order valence-corrected chi connectivity index (χ0v) is 12.4. The van der Waals surface area contributed by atoms with Gasteiger partial charge in [-0.05, 0) is 37.5 Å². The van der Waals surface area contributed by atoms with Gasteiger partial charge in [-0.15, -0.1) is 0 Å². The molecule has 0 aliphatic heterocycles. The molecule has 0 aliphatic carbocycles. The first-order valence-electron chi connectivity index (χ1n) is 7.57. The van der Waals surface area contributed by atoms with E-state index in [-0.39, 0.29) is 11.4 Å². The van der Waals surface area contributed by atoms with Gasteiger partial charge in [0.05, 0.1) is 0 Å². The zero-order chi connectivity index (χ0) is 14.1. The third-order valence-electron chi connectivity index (χ3n) is 3.62. The van der Waals surface area contributed by atoms with Crippen LogP contribution in [0.3, 0.4) is 0 Å². The van der Waals surface area contributed by atoms with Crippen LogP contribution in [0.2, 0.25) is 0 Å². The summed E-state index contributed by atoms with van der Waals surface area (Å²) in [5.41, 5.74) is 7.28. The van der Waals surface area contributed by atoms with E-state index in [0.29, 0.717) is 0 Å². The average molecular weight is 265 g/mol. The first-order valence-corrected chi connectivity index (χ1v) is 7.57. The molecular formula is C17H28FN. The Labute approximate surface area is 117 Å². The molecule has 1 atom stereocenters. The van der Waals surface area contributed by atoms with E-state index < -0.39 is 0 Å². The monoisotopic (exact) mass is 265 g/mol. The van der Waals surface area contributed by atoms with Crippen LogP contribution in [-0.4, -0.2) is 5.54 Å². The van der Waals surface area contributed by atoms with Gasteiger partial charge < -0.3 is 5.73 Å². The molecule has 0 bridgehead atoms. The summed E-state index contributed by atoms with van der Waals surface area (Å²) in [7, 11) is 0. The van der Waals surface area contributed by atoms with Crippen molar-refractivity contribution in [3.8, 4) is 0 Å². The van der Waals surface area contributed by atoms with Gasteiger partial charge in [0.25, 0.3) is 0 Å². The Morgan fingerprint density at radius 2 is 1.58 bits per heavy atom. The van der Waals surface area contributed by atoms with Gasteiger partial charge in [-0.1, -0.05) is 57.6 Å². The Morgan fingerprint density at radius 3 is 2.21 bits per heavy atom. The molecule has 0 amide bonds. The highest BCUT2D eigenvalue weighted by atomic mass is 19.1. The molecule has 0 aromatic heterocycles. The molecule has 0 saturated heterocycles. The van der Waals surface area contributed by atoms with Crippen LogP contribution < -0.4 is 5.73 Å². The first-order chi connectivity index (χ1) is 9.03. The van der Waals surface area contributed by atoms with Gasteiger partial charge in [0.2, 0.25) is 0 Å². The fraction of sp³-hybridized carbons (Fsp3) is 0.647. The van der Waals surface area contributed by atoms with E-state index in [1.807, 2.05) is 12.1 Å². The largest absolute Gasteiger partial charge is 0.325 e. The van der Waals surface area contributed by atoms with Crippen molar-refractivity contribution < 1.29 is 4.39 Å². The maximum absolute atomic E-state index is 12.8. The predicted octanol–water partition coefficient (Wildman–Crippen LogP) is 4.84. The highest BCUT2D eigenvalue weighted by Crippen LogP contribution is 2.19. The van der Waals surface area contributed by atoms with Crippen molar-refractivity contribution in [1.82, 2.24) is 0 Å². The molecule has 108 valence electrons. The molecule has 0 saturated carbocycles. The summed E-state index contributed by atoms with van der Waals surface area (Å²) in [4.78, 5) is 0. The zero-order valence-electron chi connectivity index (χ0n) is 12.4. The summed E-state index contributed by atoms with van der Waals surface area (Å²) >= 11 is 0. The fourth-order valence-corrected chi connectivity index (χ4v) is 2.47. The molecule has 0 heterocycles. The number of rotatable bonds is 9. The van der Waals surface area contributed by atoms with Gasteiger partial charge in [-0.2, -0.15) is 0 Å². The second-order valence-electron chi connectivity index (χ2n) is 5.98. The van der Waals surface area contributed by atoms with E-state index >= 15 is 0 Å². The molecule has 2 N–H and O–H groups in total. The normalized spacial score (nSPS) is 14.3. The number of hydrogen-bond acceptors (Lipinski definition) is 1. The highest BCUT2D eigenvalue weighted by molar-refractivity contribution is 5.18. The molecular weight excluding hydrogens is 237 g/mol. The van der Waals surface area contributed by atoms with Gasteiger partial charge in [0.15, 0.2) is 0 Å². The predicted molar refractivity (Wildman–Crippen MR) is 80.7 cm³/mol. The molecule has 1 nitrogen and oxygen atoms in total. The Hall–Kier alpha value is -0.890. The molecule has 1 aromatic carbocycles. The van der Waals surface area contributed by atoms with E-state index in [1.54, 1.807) is 0 Å². The minimum atomic E-state index is -0.182. The van der Waals surface area contributed by atoms with Gasteiger partial charge >= 0.3 is 0 Å². The smallest absolute Gasteiger partial charge is 0.123 e. The maximum atomic E-state index is 12.8. The third kappa shape index (κ3) is 7.31. The van der Waals surface area contributed by atoms with Crippen molar-refractivity contribution in [1.29, 1.82) is 0 Å². The number of unbranched alkanes of at least 4 members (excludes halogenated alkanes) is 5. The maximum Gasteiger partial charge on any atom is 0.123 e. The van der Waals surface area contributed by atoms with E-state index in [9.17, 15) is 4.39 Å². The summed E-state index contributed by atoms with van der Waals surface area (Å²) in [5.74, 6) is -0.182. The SMILES string of the molecule is CCCCCCCCC(C)(N)Cc1ccc(F)cc1. The highest BCUT2D eigenvalue weighted by Gasteiger charge is 2.18. The van der Waals surface area contributed by atoms with Crippen LogP contribution in [0.4, 0.5) is 4.39 Å². The lowest BCUT2D eigenvalue weighted by molar-refractivity contribution is 0.404. The molecule has 1 aromatic rings. The summed E-state index contributed by atoms with van der Waals surface area (Å²) in [6, 6.07) is 6.69. The lowest BCUT2D eigenvalue weighted by atomic mass is 9.88. The summed E-state index contributed by atoms with van der Waals surface area (Å²) in [6.45, 7) is 4.34. The topological polar surface area (TPSA) is 26.0 Å². The van der Waals surface area contributed by atoms with Crippen molar-refractivity contribution in [2.75, 3.05) is 0 Å². The average Bonchev–Trinajstić information content (AvgIpc) is 2.36. The number of hydrogen-bond donors (Lipinski definition) is 1. The van der Waals surface area contributed by atoms with Gasteiger partial charge in [0, 0.05) is 5.54 Å². The number of nitrogens with two attached hydrogens (primary N) is 1. The standard InChI is InChI=1S/C17H28FN/c1-3-4-5-6-7-8-13-17(2,19)14-15-9-11-16(18)12-10-15/h9-12H,3-8,13-14,19H2,1-2H3. The first kappa shape index (κ1) is 16.2. The minimum Gasteiger partial charge on any atom is -0.325 e. The quantitative estimate of drug-likeness (QED) is 0.635. The van der Waals surface area contributed by atoms with Gasteiger partial charge in [-0.25, -0.2) is 4.39 Å². The second kappa shape index (κ2) is 8.31. The van der Waals surface area contributed by atoms with Crippen LogP contribution in [0, 0.1) is 5.82 Å². The lowest BCUT2D eigenvalue weighted by Crippen LogP contribution is -2.38. The third-order valence-corrected chi connectivity index (χ3v) is 3.62. The Bertz CT molecular complexity index is 343. The van der Waals surface area contributed by atoms with Crippen molar-refractivity contribution in [2.24, 2.45) is 5.73 Å². The molecule has 19 heavy (non-hydrogen) atoms. The molecule has 0 fully saturated rings. The lowest BCUT2D eigenvalue weighted by Gasteiger charge is -2.24. The van der Waals surface area contributed by atoms with Crippen LogP contribution in [0.1, 0.15) is 64.4 Å². The minimum absolute atomic E-state index is 0.178. The van der Waals surface area contributed by atoms with E-state index in [0.717, 1.165) is 18.4 Å². The van der Waals surface area contributed by atoms with Crippen molar-refractivity contribution in [3.05, 3.63) is 35.6 Å². The molecule has 0 spiro atoms. The summed E-state index contributed by atoms with van der Waals surface area (Å²) in [5, 5.41) is 0. The Morgan fingerprint density at radius 1 is 1.00 bits per heavy atom. The Balaban J connectivity index is 2.25. The van der Waals surface area contributed by atoms with Crippen LogP contribution in [0.5, 0.6) is 0 Å². The van der Waals surface area contributed by atoms with Gasteiger partial charge in [-0.3, -0.25) is 0 Å². The second-order valence-corrected chi connectivity index (χ2v) is 5.98. The molecule has 1 unspecified atom stereocenters. The molecule has 0 radical (unpaired) electrons. The molecule has 2 heteroatoms. The molecule has 1 rings (SSSR count). The van der Waals surface area contributed by atoms with E-state index in [4.69, 9.17) is 5.73 Å².